The van der Waals surface area contributed by atoms with Gasteiger partial charge in [0.25, 0.3) is 0 Å². The van der Waals surface area contributed by atoms with Gasteiger partial charge in [-0.1, -0.05) is 24.3 Å². The molecule has 9 heteroatoms. The van der Waals surface area contributed by atoms with Crippen molar-refractivity contribution in [3.63, 3.8) is 0 Å². The molecule has 2 amide bonds. The molecule has 0 radical (unpaired) electrons. The van der Waals surface area contributed by atoms with E-state index >= 15 is 0 Å². The molecule has 0 spiro atoms. The van der Waals surface area contributed by atoms with Gasteiger partial charge < -0.3 is 10.2 Å². The molecule has 0 aliphatic carbocycles. The topological polar surface area (TPSA) is 110 Å². The van der Waals surface area contributed by atoms with Crippen LogP contribution in [0.15, 0.2) is 58.3 Å². The summed E-state index contributed by atoms with van der Waals surface area (Å²) in [7, 11) is -3.70. The molecular weight excluding hydrogens is 398 g/mol. The van der Waals surface area contributed by atoms with Crippen LogP contribution in [0.5, 0.6) is 0 Å². The van der Waals surface area contributed by atoms with E-state index in [4.69, 9.17) is 5.14 Å². The van der Waals surface area contributed by atoms with Crippen molar-refractivity contribution in [2.24, 2.45) is 5.14 Å². The lowest BCUT2D eigenvalue weighted by Gasteiger charge is -2.28. The highest BCUT2D eigenvalue weighted by molar-refractivity contribution is 8.00. The van der Waals surface area contributed by atoms with Gasteiger partial charge in [0.2, 0.25) is 21.8 Å². The number of benzene rings is 2. The summed E-state index contributed by atoms with van der Waals surface area (Å²) in [6.07, 6.45) is 0.786. The Kier molecular flexibility index (Phi) is 6.38. The molecule has 0 saturated carbocycles. The summed E-state index contributed by atoms with van der Waals surface area (Å²) in [6.45, 7) is 0.763. The van der Waals surface area contributed by atoms with Crippen LogP contribution in [-0.4, -0.2) is 39.1 Å². The van der Waals surface area contributed by atoms with Gasteiger partial charge in [0.1, 0.15) is 0 Å². The third-order valence-corrected chi connectivity index (χ3v) is 6.34. The third-order valence-electron chi connectivity index (χ3n) is 4.36. The molecule has 28 heavy (non-hydrogen) atoms. The van der Waals surface area contributed by atoms with E-state index in [-0.39, 0.29) is 23.1 Å². The molecule has 3 N–H and O–H groups in total. The number of carbonyl (C=O) groups excluding carboxylic acids is 2. The summed E-state index contributed by atoms with van der Waals surface area (Å²) in [5.41, 5.74) is 1.75. The number of primary sulfonamides is 1. The van der Waals surface area contributed by atoms with Gasteiger partial charge in [0.15, 0.2) is 0 Å². The minimum atomic E-state index is -3.70. The molecule has 0 aromatic heterocycles. The molecule has 0 atom stereocenters. The second-order valence-corrected chi connectivity index (χ2v) is 8.92. The molecular formula is C19H21N3O4S2. The van der Waals surface area contributed by atoms with Gasteiger partial charge >= 0.3 is 0 Å². The predicted molar refractivity (Wildman–Crippen MR) is 109 cm³/mol. The number of rotatable bonds is 7. The van der Waals surface area contributed by atoms with Crippen molar-refractivity contribution in [3.8, 4) is 0 Å². The van der Waals surface area contributed by atoms with Gasteiger partial charge in [-0.25, -0.2) is 13.6 Å². The molecule has 0 bridgehead atoms. The number of nitrogens with zero attached hydrogens (tertiary/aromatic N) is 1. The highest BCUT2D eigenvalue weighted by Gasteiger charge is 2.24. The summed E-state index contributed by atoms with van der Waals surface area (Å²) in [5, 5.41) is 7.90. The average Bonchev–Trinajstić information content (AvgIpc) is 2.67. The van der Waals surface area contributed by atoms with Crippen LogP contribution >= 0.6 is 11.8 Å². The molecule has 0 saturated heterocycles. The van der Waals surface area contributed by atoms with Gasteiger partial charge in [-0.15, -0.1) is 11.8 Å². The van der Waals surface area contributed by atoms with E-state index in [2.05, 4.69) is 5.32 Å². The molecule has 0 fully saturated rings. The number of fused-ring (bicyclic) bond motifs is 1. The first kappa shape index (κ1) is 20.4. The molecule has 3 rings (SSSR count). The van der Waals surface area contributed by atoms with Crippen LogP contribution < -0.4 is 15.4 Å². The van der Waals surface area contributed by atoms with Gasteiger partial charge in [-0.05, 0) is 36.2 Å². The lowest BCUT2D eigenvalue weighted by molar-refractivity contribution is -0.121. The van der Waals surface area contributed by atoms with Crippen molar-refractivity contribution in [1.29, 1.82) is 0 Å². The predicted octanol–water partition coefficient (Wildman–Crippen LogP) is 1.52. The van der Waals surface area contributed by atoms with E-state index in [0.29, 0.717) is 25.3 Å². The summed E-state index contributed by atoms with van der Waals surface area (Å²) in [6, 6.07) is 13.9. The SMILES string of the molecule is NS(=O)(=O)c1ccc(CCNC(=O)CCN2C(=O)CSc3ccccc32)cc1. The molecule has 2 aromatic carbocycles. The molecule has 0 unspecified atom stereocenters. The summed E-state index contributed by atoms with van der Waals surface area (Å²) >= 11 is 1.51. The van der Waals surface area contributed by atoms with E-state index in [1.807, 2.05) is 24.3 Å². The normalized spacial score (nSPS) is 13.9. The van der Waals surface area contributed by atoms with Crippen LogP contribution in [0.3, 0.4) is 0 Å². The van der Waals surface area contributed by atoms with Gasteiger partial charge in [-0.3, -0.25) is 9.59 Å². The first-order chi connectivity index (χ1) is 13.3. The molecule has 7 nitrogen and oxygen atoms in total. The van der Waals surface area contributed by atoms with Crippen molar-refractivity contribution >= 4 is 39.3 Å². The fraction of sp³-hybridized carbons (Fsp3) is 0.263. The van der Waals surface area contributed by atoms with Crippen LogP contribution in [-0.2, 0) is 26.0 Å². The van der Waals surface area contributed by atoms with E-state index in [1.54, 1.807) is 17.0 Å². The Morgan fingerprint density at radius 1 is 1.14 bits per heavy atom. The monoisotopic (exact) mass is 419 g/mol. The van der Waals surface area contributed by atoms with Crippen LogP contribution in [0, 0.1) is 0 Å². The lowest BCUT2D eigenvalue weighted by atomic mass is 10.1. The van der Waals surface area contributed by atoms with Crippen LogP contribution in [0.1, 0.15) is 12.0 Å². The lowest BCUT2D eigenvalue weighted by Crippen LogP contribution is -2.38. The van der Waals surface area contributed by atoms with Gasteiger partial charge in [0, 0.05) is 24.4 Å². The number of nitrogens with two attached hydrogens (primary N) is 1. The number of hydrogen-bond acceptors (Lipinski definition) is 5. The fourth-order valence-electron chi connectivity index (χ4n) is 2.89. The highest BCUT2D eigenvalue weighted by atomic mass is 32.2. The summed E-state index contributed by atoms with van der Waals surface area (Å²) < 4.78 is 22.5. The molecule has 1 aliphatic rings. The zero-order valence-corrected chi connectivity index (χ0v) is 16.8. The van der Waals surface area contributed by atoms with Gasteiger partial charge in [0.05, 0.1) is 16.3 Å². The number of hydrogen-bond donors (Lipinski definition) is 2. The number of thioether (sulfide) groups is 1. The van der Waals surface area contributed by atoms with Crippen molar-refractivity contribution < 1.29 is 18.0 Å². The first-order valence-electron chi connectivity index (χ1n) is 8.75. The Bertz CT molecular complexity index is 975. The number of carbonyl (C=O) groups is 2. The molecule has 1 aliphatic heterocycles. The largest absolute Gasteiger partial charge is 0.356 e. The Labute approximate surface area is 168 Å². The number of amides is 2. The van der Waals surface area contributed by atoms with Gasteiger partial charge in [-0.2, -0.15) is 0 Å². The van der Waals surface area contributed by atoms with Crippen LogP contribution in [0.2, 0.25) is 0 Å². The number of sulfonamides is 1. The van der Waals surface area contributed by atoms with E-state index in [1.165, 1.54) is 23.9 Å². The zero-order chi connectivity index (χ0) is 20.1. The minimum Gasteiger partial charge on any atom is -0.356 e. The standard InChI is InChI=1S/C19H21N3O4S2/c20-28(25,26)15-7-5-14(6-8-15)9-11-21-18(23)10-12-22-16-3-1-2-4-17(16)27-13-19(22)24/h1-8H,9-13H2,(H,21,23)(H2,20,25,26). The van der Waals surface area contributed by atoms with Crippen molar-refractivity contribution in [2.45, 2.75) is 22.6 Å². The summed E-state index contributed by atoms with van der Waals surface area (Å²) in [4.78, 5) is 27.1. The quantitative estimate of drug-likeness (QED) is 0.707. The zero-order valence-electron chi connectivity index (χ0n) is 15.1. The Morgan fingerprint density at radius 3 is 2.57 bits per heavy atom. The van der Waals surface area contributed by atoms with Crippen molar-refractivity contribution in [1.82, 2.24) is 5.32 Å². The van der Waals surface area contributed by atoms with E-state index in [9.17, 15) is 18.0 Å². The number of nitrogens with one attached hydrogen (secondary N) is 1. The van der Waals surface area contributed by atoms with Crippen molar-refractivity contribution in [3.05, 3.63) is 54.1 Å². The Balaban J connectivity index is 1.47. The van der Waals surface area contributed by atoms with Crippen LogP contribution in [0.25, 0.3) is 0 Å². The van der Waals surface area contributed by atoms with Crippen molar-refractivity contribution in [2.75, 3.05) is 23.7 Å². The molecule has 2 aromatic rings. The second-order valence-electron chi connectivity index (χ2n) is 6.34. The molecule has 1 heterocycles. The Hall–Kier alpha value is -2.36. The van der Waals surface area contributed by atoms with Crippen LogP contribution in [0.4, 0.5) is 5.69 Å². The molecule has 148 valence electrons. The maximum absolute atomic E-state index is 12.2. The fourth-order valence-corrected chi connectivity index (χ4v) is 4.34. The second kappa shape index (κ2) is 8.76. The van der Waals surface area contributed by atoms with E-state index in [0.717, 1.165) is 16.1 Å². The maximum atomic E-state index is 12.2. The third kappa shape index (κ3) is 5.12. The smallest absolute Gasteiger partial charge is 0.238 e. The minimum absolute atomic E-state index is 0.00597. The Morgan fingerprint density at radius 2 is 1.86 bits per heavy atom. The maximum Gasteiger partial charge on any atom is 0.238 e. The highest BCUT2D eigenvalue weighted by Crippen LogP contribution is 2.34. The first-order valence-corrected chi connectivity index (χ1v) is 11.3. The average molecular weight is 420 g/mol. The number of para-hydroxylation sites is 1. The number of anilines is 1. The van der Waals surface area contributed by atoms with E-state index < -0.39 is 10.0 Å². The summed E-state index contributed by atoms with van der Waals surface area (Å²) in [5.74, 6) is 0.253.